The largest absolute Gasteiger partial charge is 0.352 e. The molecule has 0 fully saturated rings. The number of ether oxygens (including phenoxy) is 2. The molecule has 0 bridgehead atoms. The van der Waals surface area contributed by atoms with E-state index in [1.807, 2.05) is 32.2 Å². The van der Waals surface area contributed by atoms with E-state index in [0.717, 1.165) is 10.4 Å². The summed E-state index contributed by atoms with van der Waals surface area (Å²) in [4.78, 5) is 12.7. The fourth-order valence-corrected chi connectivity index (χ4v) is 2.32. The van der Waals surface area contributed by atoms with Gasteiger partial charge in [-0.1, -0.05) is 0 Å². The van der Waals surface area contributed by atoms with Crippen molar-refractivity contribution < 1.29 is 14.3 Å². The summed E-state index contributed by atoms with van der Waals surface area (Å²) in [6.07, 6.45) is -0.118. The van der Waals surface area contributed by atoms with E-state index in [4.69, 9.17) is 9.47 Å². The van der Waals surface area contributed by atoms with Crippen LogP contribution in [0.4, 0.5) is 0 Å². The van der Waals surface area contributed by atoms with Crippen LogP contribution in [0.15, 0.2) is 11.4 Å². The van der Waals surface area contributed by atoms with Gasteiger partial charge in [-0.3, -0.25) is 4.79 Å². The predicted octanol–water partition coefficient (Wildman–Crippen LogP) is 3.03. The van der Waals surface area contributed by atoms with Crippen LogP contribution in [0.1, 0.15) is 35.5 Å². The van der Waals surface area contributed by atoms with E-state index in [9.17, 15) is 4.79 Å². The lowest BCUT2D eigenvalue weighted by Gasteiger charge is -2.15. The normalized spacial score (nSPS) is 11.0. The Kier molecular flexibility index (Phi) is 5.66. The average molecular weight is 242 g/mol. The molecular formula is C12H18O3S. The lowest BCUT2D eigenvalue weighted by molar-refractivity contribution is -0.133. The summed E-state index contributed by atoms with van der Waals surface area (Å²) in [5.74, 6) is 0.0967. The minimum atomic E-state index is -0.413. The number of carbonyl (C=O) groups is 1. The van der Waals surface area contributed by atoms with Gasteiger partial charge in [0.2, 0.25) is 0 Å². The zero-order valence-electron chi connectivity index (χ0n) is 9.99. The lowest BCUT2D eigenvalue weighted by atomic mass is 10.2. The highest BCUT2D eigenvalue weighted by Crippen LogP contribution is 2.19. The molecule has 0 unspecified atom stereocenters. The van der Waals surface area contributed by atoms with Crippen LogP contribution in [0.5, 0.6) is 0 Å². The minimum Gasteiger partial charge on any atom is -0.352 e. The molecule has 90 valence electrons. The van der Waals surface area contributed by atoms with Crippen LogP contribution < -0.4 is 0 Å². The molecule has 1 heterocycles. The molecule has 4 heteroatoms. The molecule has 0 aliphatic rings. The number of hydrogen-bond acceptors (Lipinski definition) is 4. The van der Waals surface area contributed by atoms with Crippen LogP contribution in [-0.2, 0) is 9.47 Å². The third-order valence-corrected chi connectivity index (χ3v) is 3.23. The zero-order valence-corrected chi connectivity index (χ0v) is 10.8. The summed E-state index contributed by atoms with van der Waals surface area (Å²) in [5.41, 5.74) is 1.03. The molecule has 0 amide bonds. The fourth-order valence-electron chi connectivity index (χ4n) is 1.44. The summed E-state index contributed by atoms with van der Waals surface area (Å²) < 4.78 is 10.7. The van der Waals surface area contributed by atoms with Gasteiger partial charge < -0.3 is 9.47 Å². The number of ketones is 1. The molecule has 0 saturated carbocycles. The molecule has 1 aromatic rings. The second kappa shape index (κ2) is 6.78. The molecule has 1 aromatic heterocycles. The second-order valence-electron chi connectivity index (χ2n) is 3.40. The average Bonchev–Trinajstić information content (AvgIpc) is 2.65. The maximum absolute atomic E-state index is 11.9. The first-order valence-corrected chi connectivity index (χ1v) is 6.37. The minimum absolute atomic E-state index is 0.0967. The van der Waals surface area contributed by atoms with Crippen LogP contribution in [0.2, 0.25) is 0 Å². The second-order valence-corrected chi connectivity index (χ2v) is 4.32. The summed E-state index contributed by atoms with van der Waals surface area (Å²) in [6, 6.07) is 1.95. The Morgan fingerprint density at radius 2 is 2.00 bits per heavy atom. The van der Waals surface area contributed by atoms with Crippen molar-refractivity contribution in [2.75, 3.05) is 13.2 Å². The Morgan fingerprint density at radius 3 is 2.44 bits per heavy atom. The first kappa shape index (κ1) is 13.4. The molecule has 0 N–H and O–H groups in total. The number of carbonyl (C=O) groups excluding carboxylic acids is 1. The van der Waals surface area contributed by atoms with Gasteiger partial charge in [-0.25, -0.2) is 0 Å². The Balaban J connectivity index is 2.58. The van der Waals surface area contributed by atoms with Crippen LogP contribution in [0, 0.1) is 6.92 Å². The Hall–Kier alpha value is -0.710. The molecule has 1 rings (SSSR count). The van der Waals surface area contributed by atoms with Crippen LogP contribution in [-0.4, -0.2) is 25.3 Å². The maximum atomic E-state index is 11.9. The monoisotopic (exact) mass is 242 g/mol. The lowest BCUT2D eigenvalue weighted by Crippen LogP contribution is -2.21. The van der Waals surface area contributed by atoms with E-state index >= 15 is 0 Å². The van der Waals surface area contributed by atoms with Crippen molar-refractivity contribution in [1.82, 2.24) is 0 Å². The van der Waals surface area contributed by atoms with Crippen molar-refractivity contribution in [3.05, 3.63) is 21.9 Å². The van der Waals surface area contributed by atoms with Gasteiger partial charge in [0.15, 0.2) is 12.1 Å². The van der Waals surface area contributed by atoms with E-state index < -0.39 is 6.29 Å². The number of hydrogen-bond donors (Lipinski definition) is 0. The van der Waals surface area contributed by atoms with Crippen LogP contribution >= 0.6 is 11.3 Å². The first-order chi connectivity index (χ1) is 7.69. The molecule has 0 saturated heterocycles. The van der Waals surface area contributed by atoms with Gasteiger partial charge >= 0.3 is 0 Å². The Morgan fingerprint density at radius 1 is 1.38 bits per heavy atom. The van der Waals surface area contributed by atoms with Crippen molar-refractivity contribution in [2.45, 2.75) is 33.5 Å². The van der Waals surface area contributed by atoms with Crippen LogP contribution in [0.3, 0.4) is 0 Å². The van der Waals surface area contributed by atoms with E-state index in [1.165, 1.54) is 11.3 Å². The summed E-state index contributed by atoms with van der Waals surface area (Å²) in [5, 5.41) is 1.93. The topological polar surface area (TPSA) is 35.5 Å². The smallest absolute Gasteiger partial charge is 0.178 e. The Bertz CT molecular complexity index is 327. The number of aryl methyl sites for hydroxylation is 1. The van der Waals surface area contributed by atoms with Gasteiger partial charge in [0.1, 0.15) is 0 Å². The molecular weight excluding hydrogens is 224 g/mol. The van der Waals surface area contributed by atoms with Gasteiger partial charge in [-0.2, -0.15) is 0 Å². The molecule has 16 heavy (non-hydrogen) atoms. The molecule has 0 radical (unpaired) electrons. The van der Waals surface area contributed by atoms with Crippen molar-refractivity contribution in [3.8, 4) is 0 Å². The van der Waals surface area contributed by atoms with E-state index in [0.29, 0.717) is 19.6 Å². The van der Waals surface area contributed by atoms with Crippen molar-refractivity contribution in [3.63, 3.8) is 0 Å². The number of Topliss-reactive ketones (excluding diaryl/α,β-unsaturated/α-hetero) is 1. The summed E-state index contributed by atoms with van der Waals surface area (Å²) >= 11 is 1.48. The SMILES string of the molecule is CCOC(CC(=O)c1sccc1C)OCC. The quantitative estimate of drug-likeness (QED) is 0.544. The Labute approximate surface area is 100 Å². The maximum Gasteiger partial charge on any atom is 0.178 e. The van der Waals surface area contributed by atoms with E-state index in [-0.39, 0.29) is 5.78 Å². The molecule has 0 aliphatic heterocycles. The van der Waals surface area contributed by atoms with Crippen molar-refractivity contribution in [1.29, 1.82) is 0 Å². The number of rotatable bonds is 7. The fraction of sp³-hybridized carbons (Fsp3) is 0.583. The summed E-state index contributed by atoms with van der Waals surface area (Å²) in [7, 11) is 0. The molecule has 0 aromatic carbocycles. The number of thiophene rings is 1. The standard InChI is InChI=1S/C12H18O3S/c1-4-14-11(15-5-2)8-10(13)12-9(3)6-7-16-12/h6-7,11H,4-5,8H2,1-3H3. The van der Waals surface area contributed by atoms with E-state index in [2.05, 4.69) is 0 Å². The highest BCUT2D eigenvalue weighted by Gasteiger charge is 2.17. The first-order valence-electron chi connectivity index (χ1n) is 5.49. The molecule has 0 atom stereocenters. The third kappa shape index (κ3) is 3.70. The summed E-state index contributed by atoms with van der Waals surface area (Å²) in [6.45, 7) is 6.85. The predicted molar refractivity (Wildman–Crippen MR) is 65.0 cm³/mol. The molecule has 0 spiro atoms. The highest BCUT2D eigenvalue weighted by atomic mass is 32.1. The van der Waals surface area contributed by atoms with Gasteiger partial charge in [0.25, 0.3) is 0 Å². The zero-order chi connectivity index (χ0) is 12.0. The van der Waals surface area contributed by atoms with Crippen molar-refractivity contribution in [2.24, 2.45) is 0 Å². The van der Waals surface area contributed by atoms with Gasteiger partial charge in [-0.15, -0.1) is 11.3 Å². The highest BCUT2D eigenvalue weighted by molar-refractivity contribution is 7.12. The molecule has 3 nitrogen and oxygen atoms in total. The molecule has 0 aliphatic carbocycles. The van der Waals surface area contributed by atoms with Gasteiger partial charge in [0.05, 0.1) is 11.3 Å². The van der Waals surface area contributed by atoms with Crippen molar-refractivity contribution >= 4 is 17.1 Å². The van der Waals surface area contributed by atoms with E-state index in [1.54, 1.807) is 0 Å². The van der Waals surface area contributed by atoms with Gasteiger partial charge in [-0.05, 0) is 37.8 Å². The third-order valence-electron chi connectivity index (χ3n) is 2.17. The van der Waals surface area contributed by atoms with Crippen LogP contribution in [0.25, 0.3) is 0 Å². The van der Waals surface area contributed by atoms with Gasteiger partial charge in [0, 0.05) is 13.2 Å².